The number of furan rings is 2. The predicted molar refractivity (Wildman–Crippen MR) is 339 cm³/mol. The number of nitrogens with zero attached hydrogens (tertiary/aromatic N) is 1. The number of rotatable bonds is 7. The third-order valence-corrected chi connectivity index (χ3v) is 18.9. The molecule has 2 heterocycles. The molecule has 0 bridgehead atoms. The molecule has 12 aromatic carbocycles. The maximum Gasteiger partial charge on any atom is 0.144 e. The molecule has 0 saturated heterocycles. The quantitative estimate of drug-likeness (QED) is 0.159. The molecule has 0 fully saturated rings. The number of hydrogen-bond acceptors (Lipinski definition) is 3. The summed E-state index contributed by atoms with van der Waals surface area (Å²) in [5.74, 6) is 0. The Bertz CT molecular complexity index is 4930. The minimum Gasteiger partial charge on any atom is -0.455 e. The molecule has 3 aliphatic carbocycles. The summed E-state index contributed by atoms with van der Waals surface area (Å²) in [4.78, 5) is 2.54. The number of fused-ring (bicyclic) bond motifs is 19. The Labute approximate surface area is 477 Å². The second kappa shape index (κ2) is 17.0. The Morgan fingerprint density at radius 3 is 1.40 bits per heavy atom. The van der Waals surface area contributed by atoms with E-state index in [1.54, 1.807) is 0 Å². The zero-order valence-corrected chi connectivity index (χ0v) is 46.1. The van der Waals surface area contributed by atoms with Gasteiger partial charge in [0.15, 0.2) is 0 Å². The topological polar surface area (TPSA) is 29.5 Å². The highest BCUT2D eigenvalue weighted by molar-refractivity contribution is 6.22. The lowest BCUT2D eigenvalue weighted by Crippen LogP contribution is -2.29. The molecule has 14 aromatic rings. The minimum absolute atomic E-state index is 0.270. The van der Waals surface area contributed by atoms with E-state index in [0.29, 0.717) is 0 Å². The maximum atomic E-state index is 7.08. The molecule has 0 spiro atoms. The van der Waals surface area contributed by atoms with E-state index in [1.807, 2.05) is 0 Å². The van der Waals surface area contributed by atoms with Gasteiger partial charge in [0, 0.05) is 60.4 Å². The summed E-state index contributed by atoms with van der Waals surface area (Å²) in [7, 11) is 0. The lowest BCUT2D eigenvalue weighted by atomic mass is 9.67. The molecular weight excluding hydrogens is 995 g/mol. The third-order valence-electron chi connectivity index (χ3n) is 18.9. The van der Waals surface area contributed by atoms with Crippen LogP contribution < -0.4 is 4.90 Å². The molecule has 3 nitrogen and oxygen atoms in total. The summed E-state index contributed by atoms with van der Waals surface area (Å²) in [5, 5.41) is 4.60. The summed E-state index contributed by atoms with van der Waals surface area (Å²) in [6, 6.07) is 96.3. The molecule has 0 unspecified atom stereocenters. The smallest absolute Gasteiger partial charge is 0.144 e. The second-order valence-electron chi connectivity index (χ2n) is 23.8. The Hall–Kier alpha value is -9.96. The van der Waals surface area contributed by atoms with Gasteiger partial charge >= 0.3 is 0 Å². The van der Waals surface area contributed by atoms with E-state index in [1.165, 1.54) is 83.3 Å². The predicted octanol–water partition coefficient (Wildman–Crippen LogP) is 21.3. The molecule has 3 heteroatoms. The monoisotopic (exact) mass is 1050 g/mol. The van der Waals surface area contributed by atoms with Crippen molar-refractivity contribution in [2.45, 2.75) is 43.9 Å². The lowest BCUT2D eigenvalue weighted by Gasteiger charge is -2.35. The van der Waals surface area contributed by atoms with Crippen LogP contribution in [0.4, 0.5) is 17.1 Å². The summed E-state index contributed by atoms with van der Waals surface area (Å²) in [6.07, 6.45) is 0. The molecule has 0 amide bonds. The van der Waals surface area contributed by atoms with Crippen molar-refractivity contribution in [3.8, 4) is 55.6 Å². The van der Waals surface area contributed by atoms with Crippen molar-refractivity contribution in [2.24, 2.45) is 0 Å². The molecule has 2 aromatic heterocycles. The molecule has 0 atom stereocenters. The fraction of sp³-hybridized carbons (Fsp3) is 0.0886. The van der Waals surface area contributed by atoms with Crippen LogP contribution in [0.1, 0.15) is 72.2 Å². The molecule has 0 aliphatic heterocycles. The number of hydrogen-bond donors (Lipinski definition) is 0. The first-order valence-corrected chi connectivity index (χ1v) is 28.7. The van der Waals surface area contributed by atoms with E-state index in [-0.39, 0.29) is 5.41 Å². The highest BCUT2D eigenvalue weighted by atomic mass is 16.3. The first kappa shape index (κ1) is 46.9. The minimum atomic E-state index is -0.741. The van der Waals surface area contributed by atoms with Gasteiger partial charge in [-0.25, -0.2) is 0 Å². The summed E-state index contributed by atoms with van der Waals surface area (Å²) < 4.78 is 14.1. The van der Waals surface area contributed by atoms with Crippen LogP contribution in [0.3, 0.4) is 0 Å². The van der Waals surface area contributed by atoms with Crippen LogP contribution in [0.5, 0.6) is 0 Å². The van der Waals surface area contributed by atoms with Crippen LogP contribution in [0.15, 0.2) is 270 Å². The molecule has 0 radical (unpaired) electrons. The summed E-state index contributed by atoms with van der Waals surface area (Å²) in [5.41, 5.74) is 27.7. The summed E-state index contributed by atoms with van der Waals surface area (Å²) >= 11 is 0. The first-order valence-electron chi connectivity index (χ1n) is 28.7. The average molecular weight is 1050 g/mol. The fourth-order valence-corrected chi connectivity index (χ4v) is 15.4. The highest BCUT2D eigenvalue weighted by Crippen LogP contribution is 2.65. The summed E-state index contributed by atoms with van der Waals surface area (Å²) in [6.45, 7) is 9.75. The highest BCUT2D eigenvalue weighted by Gasteiger charge is 2.50. The molecule has 3 aliphatic rings. The van der Waals surface area contributed by atoms with Gasteiger partial charge in [0.25, 0.3) is 0 Å². The van der Waals surface area contributed by atoms with Crippen molar-refractivity contribution in [2.75, 3.05) is 4.90 Å². The second-order valence-corrected chi connectivity index (χ2v) is 23.8. The van der Waals surface area contributed by atoms with Crippen LogP contribution >= 0.6 is 0 Å². The SMILES string of the molecule is CC1(C)c2ccccc2-c2c1c1c(c3c2oc2ccccc23)-c2ccc(N(c3ccc4c(c3)C(c3ccccc3)(c3ccccc3)c3cc(-c5ccccc5)c5oc6ccccc6c5c3-4)c3ccccc3-c3ccccc3)cc2C1(C)C. The first-order chi connectivity index (χ1) is 40.2. The molecule has 388 valence electrons. The van der Waals surface area contributed by atoms with E-state index < -0.39 is 10.8 Å². The zero-order valence-electron chi connectivity index (χ0n) is 46.1. The average Bonchev–Trinajstić information content (AvgIpc) is 1.83. The van der Waals surface area contributed by atoms with Gasteiger partial charge in [0.2, 0.25) is 0 Å². The van der Waals surface area contributed by atoms with Crippen LogP contribution in [-0.2, 0) is 16.2 Å². The van der Waals surface area contributed by atoms with E-state index in [2.05, 4.69) is 293 Å². The van der Waals surface area contributed by atoms with Crippen molar-refractivity contribution in [1.29, 1.82) is 0 Å². The van der Waals surface area contributed by atoms with Gasteiger partial charge in [-0.3, -0.25) is 0 Å². The van der Waals surface area contributed by atoms with Gasteiger partial charge in [-0.05, 0) is 132 Å². The Balaban J connectivity index is 0.964. The van der Waals surface area contributed by atoms with E-state index in [9.17, 15) is 0 Å². The molecule has 17 rings (SSSR count). The van der Waals surface area contributed by atoms with Gasteiger partial charge in [0.1, 0.15) is 22.3 Å². The number of benzene rings is 12. The van der Waals surface area contributed by atoms with Crippen molar-refractivity contribution in [1.82, 2.24) is 0 Å². The van der Waals surface area contributed by atoms with Crippen molar-refractivity contribution < 1.29 is 8.83 Å². The Morgan fingerprint density at radius 1 is 0.317 bits per heavy atom. The van der Waals surface area contributed by atoms with Gasteiger partial charge in [0.05, 0.1) is 11.1 Å². The molecule has 82 heavy (non-hydrogen) atoms. The van der Waals surface area contributed by atoms with E-state index in [4.69, 9.17) is 8.83 Å². The Morgan fingerprint density at radius 2 is 0.768 bits per heavy atom. The number of anilines is 3. The van der Waals surface area contributed by atoms with Gasteiger partial charge in [-0.15, -0.1) is 0 Å². The van der Waals surface area contributed by atoms with Gasteiger partial charge < -0.3 is 13.7 Å². The maximum absolute atomic E-state index is 7.08. The van der Waals surface area contributed by atoms with E-state index >= 15 is 0 Å². The normalized spacial score (nSPS) is 14.6. The van der Waals surface area contributed by atoms with E-state index in [0.717, 1.165) is 77.8 Å². The molecule has 0 N–H and O–H groups in total. The fourth-order valence-electron chi connectivity index (χ4n) is 15.4. The lowest BCUT2D eigenvalue weighted by molar-refractivity contribution is 0.600. The van der Waals surface area contributed by atoms with Crippen LogP contribution in [0, 0.1) is 0 Å². The standard InChI is InChI=1S/C79H55NO2/c1-77(2)61-37-21-17-34-55(61)72-74(77)73-69(71-59-36-20-24-40-67(59)82-76(71)72)56-43-41-52(45-62(56)78(73,3)4)80(65-38-22-18-33-54(65)48-25-9-5-10-26-48)53-42-44-57-63(46-53)79(50-29-13-7-14-30-50,51-31-15-8-16-32-51)64-47-60(49-27-11-6-12-28-49)75-70(68(57)64)58-35-19-23-39-66(58)81-75/h5-47H,1-4H3. The largest absolute Gasteiger partial charge is 0.455 e. The Kier molecular flexibility index (Phi) is 9.74. The number of para-hydroxylation sites is 3. The third kappa shape index (κ3) is 6.20. The van der Waals surface area contributed by atoms with Gasteiger partial charge in [-0.2, -0.15) is 0 Å². The molecule has 0 saturated carbocycles. The van der Waals surface area contributed by atoms with Crippen molar-refractivity contribution in [3.63, 3.8) is 0 Å². The van der Waals surface area contributed by atoms with Crippen LogP contribution in [-0.4, -0.2) is 0 Å². The van der Waals surface area contributed by atoms with Crippen LogP contribution in [0.2, 0.25) is 0 Å². The van der Waals surface area contributed by atoms with Gasteiger partial charge in [-0.1, -0.05) is 240 Å². The van der Waals surface area contributed by atoms with Crippen molar-refractivity contribution in [3.05, 3.63) is 305 Å². The molecular formula is C79H55NO2. The van der Waals surface area contributed by atoms with Crippen molar-refractivity contribution >= 4 is 60.9 Å². The zero-order chi connectivity index (χ0) is 54.6. The van der Waals surface area contributed by atoms with Crippen LogP contribution in [0.25, 0.3) is 99.5 Å².